The van der Waals surface area contributed by atoms with Gasteiger partial charge >= 0.3 is 0 Å². The van der Waals surface area contributed by atoms with Crippen molar-refractivity contribution in [1.29, 1.82) is 0 Å². The summed E-state index contributed by atoms with van der Waals surface area (Å²) in [5, 5.41) is 0.461. The van der Waals surface area contributed by atoms with E-state index >= 15 is 0 Å². The van der Waals surface area contributed by atoms with Crippen molar-refractivity contribution in [1.82, 2.24) is 5.01 Å². The van der Waals surface area contributed by atoms with Gasteiger partial charge in [-0.3, -0.25) is 9.59 Å². The van der Waals surface area contributed by atoms with Crippen molar-refractivity contribution in [2.75, 3.05) is 6.54 Å². The van der Waals surface area contributed by atoms with Gasteiger partial charge in [0.05, 0.1) is 6.54 Å². The summed E-state index contributed by atoms with van der Waals surface area (Å²) in [5.41, 5.74) is 5.16. The molecule has 0 aliphatic rings. The fraction of sp³-hybridized carbons (Fsp3) is 0.333. The minimum Gasteiger partial charge on any atom is -0.322 e. The monoisotopic (exact) mass is 157 g/mol. The van der Waals surface area contributed by atoms with Crippen molar-refractivity contribution in [3.05, 3.63) is 12.2 Å². The molecule has 0 fully saturated rings. The average molecular weight is 157 g/mol. The van der Waals surface area contributed by atoms with Crippen LogP contribution < -0.4 is 11.6 Å². The first kappa shape index (κ1) is 9.80. The highest BCUT2D eigenvalue weighted by molar-refractivity contribution is 6.03. The fourth-order valence-corrected chi connectivity index (χ4v) is 0.417. The normalized spacial score (nSPS) is 9.00. The van der Waals surface area contributed by atoms with Gasteiger partial charge in [0, 0.05) is 5.57 Å². The number of carbonyl (C=O) groups excluding carboxylic acids is 2. The largest absolute Gasteiger partial charge is 0.322 e. The van der Waals surface area contributed by atoms with E-state index in [2.05, 4.69) is 6.58 Å². The Morgan fingerprint density at radius 1 is 1.55 bits per heavy atom. The smallest absolute Gasteiger partial charge is 0.269 e. The zero-order chi connectivity index (χ0) is 9.02. The fourth-order valence-electron chi connectivity index (χ4n) is 0.417. The van der Waals surface area contributed by atoms with E-state index in [0.29, 0.717) is 5.01 Å². The van der Waals surface area contributed by atoms with Crippen molar-refractivity contribution in [2.24, 2.45) is 11.6 Å². The van der Waals surface area contributed by atoms with Crippen LogP contribution in [-0.4, -0.2) is 23.4 Å². The summed E-state index contributed by atoms with van der Waals surface area (Å²) in [5.74, 6) is 3.83. The maximum Gasteiger partial charge on any atom is 0.269 e. The lowest BCUT2D eigenvalue weighted by Crippen LogP contribution is -2.45. The molecule has 0 spiro atoms. The third-order valence-electron chi connectivity index (χ3n) is 1.03. The number of hydrogen-bond donors (Lipinski definition) is 2. The summed E-state index contributed by atoms with van der Waals surface area (Å²) >= 11 is 0. The zero-order valence-corrected chi connectivity index (χ0v) is 6.33. The van der Waals surface area contributed by atoms with Gasteiger partial charge in [-0.1, -0.05) is 6.58 Å². The van der Waals surface area contributed by atoms with Gasteiger partial charge in [-0.05, 0) is 6.92 Å². The Balaban J connectivity index is 4.25. The third kappa shape index (κ3) is 2.48. The molecule has 62 valence electrons. The first-order valence-electron chi connectivity index (χ1n) is 2.98. The molecule has 2 amide bonds. The van der Waals surface area contributed by atoms with E-state index in [4.69, 9.17) is 11.6 Å². The molecule has 0 saturated carbocycles. The molecule has 0 aliphatic heterocycles. The molecule has 0 aromatic heterocycles. The van der Waals surface area contributed by atoms with E-state index in [1.807, 2.05) is 0 Å². The second-order valence-corrected chi connectivity index (χ2v) is 2.05. The standard InChI is InChI=1S/C6H11N3O2/c1-4(2)6(11)9(8)5(10)3-7/h1,3,7-8H2,2H3. The van der Waals surface area contributed by atoms with Gasteiger partial charge in [-0.2, -0.15) is 0 Å². The number of nitrogens with zero attached hydrogens (tertiary/aromatic N) is 1. The maximum atomic E-state index is 10.9. The van der Waals surface area contributed by atoms with Gasteiger partial charge in [0.25, 0.3) is 11.8 Å². The number of imide groups is 1. The molecule has 4 N–H and O–H groups in total. The van der Waals surface area contributed by atoms with Crippen LogP contribution in [0.5, 0.6) is 0 Å². The third-order valence-corrected chi connectivity index (χ3v) is 1.03. The van der Waals surface area contributed by atoms with E-state index in [9.17, 15) is 9.59 Å². The highest BCUT2D eigenvalue weighted by Gasteiger charge is 2.15. The first-order chi connectivity index (χ1) is 5.00. The molecule has 5 nitrogen and oxygen atoms in total. The summed E-state index contributed by atoms with van der Waals surface area (Å²) in [6, 6.07) is 0. The molecule has 0 aromatic carbocycles. The molecule has 0 heterocycles. The van der Waals surface area contributed by atoms with E-state index in [-0.39, 0.29) is 12.1 Å². The van der Waals surface area contributed by atoms with E-state index in [0.717, 1.165) is 0 Å². The minimum atomic E-state index is -0.627. The van der Waals surface area contributed by atoms with Crippen LogP contribution in [0.2, 0.25) is 0 Å². The van der Waals surface area contributed by atoms with Crippen molar-refractivity contribution in [2.45, 2.75) is 6.92 Å². The SMILES string of the molecule is C=C(C)C(=O)N(N)C(=O)CN. The number of carbonyl (C=O) groups is 2. The van der Waals surface area contributed by atoms with Crippen molar-refractivity contribution >= 4 is 11.8 Å². The highest BCUT2D eigenvalue weighted by atomic mass is 16.2. The molecule has 0 aromatic rings. The number of hydrazine groups is 1. The Morgan fingerprint density at radius 3 is 2.27 bits per heavy atom. The Hall–Kier alpha value is -1.20. The molecule has 5 heteroatoms. The van der Waals surface area contributed by atoms with Crippen LogP contribution in [0.4, 0.5) is 0 Å². The van der Waals surface area contributed by atoms with Gasteiger partial charge in [-0.15, -0.1) is 0 Å². The highest BCUT2D eigenvalue weighted by Crippen LogP contribution is 1.92. The topological polar surface area (TPSA) is 89.4 Å². The molecule has 0 radical (unpaired) electrons. The minimum absolute atomic E-state index is 0.203. The Morgan fingerprint density at radius 2 is 2.00 bits per heavy atom. The van der Waals surface area contributed by atoms with Gasteiger partial charge in [0.2, 0.25) is 0 Å². The van der Waals surface area contributed by atoms with Crippen molar-refractivity contribution < 1.29 is 9.59 Å². The second kappa shape index (κ2) is 3.85. The lowest BCUT2D eigenvalue weighted by atomic mass is 10.3. The van der Waals surface area contributed by atoms with Gasteiger partial charge in [-0.25, -0.2) is 10.9 Å². The number of amides is 2. The van der Waals surface area contributed by atoms with Crippen LogP contribution >= 0.6 is 0 Å². The van der Waals surface area contributed by atoms with Crippen LogP contribution in [0, 0.1) is 0 Å². The van der Waals surface area contributed by atoms with Gasteiger partial charge in [0.15, 0.2) is 0 Å². The molecule has 0 unspecified atom stereocenters. The van der Waals surface area contributed by atoms with Crippen LogP contribution in [0.15, 0.2) is 12.2 Å². The summed E-state index contributed by atoms with van der Waals surface area (Å²) in [6.45, 7) is 4.51. The second-order valence-electron chi connectivity index (χ2n) is 2.05. The molecule has 0 bridgehead atoms. The van der Waals surface area contributed by atoms with Crippen molar-refractivity contribution in [3.8, 4) is 0 Å². The van der Waals surface area contributed by atoms with Crippen LogP contribution in [0.3, 0.4) is 0 Å². The molecular formula is C6H11N3O2. The lowest BCUT2D eigenvalue weighted by Gasteiger charge is -2.12. The Bertz CT molecular complexity index is 200. The molecule has 0 rings (SSSR count). The van der Waals surface area contributed by atoms with E-state index in [1.165, 1.54) is 6.92 Å². The predicted octanol–water partition coefficient (Wildman–Crippen LogP) is -1.25. The molecule has 0 atom stereocenters. The molecule has 11 heavy (non-hydrogen) atoms. The number of rotatable bonds is 2. The zero-order valence-electron chi connectivity index (χ0n) is 6.33. The van der Waals surface area contributed by atoms with E-state index in [1.54, 1.807) is 0 Å². The average Bonchev–Trinajstić information content (AvgIpc) is 2.00. The number of nitrogens with two attached hydrogens (primary N) is 2. The predicted molar refractivity (Wildman–Crippen MR) is 39.9 cm³/mol. The molecule has 0 saturated heterocycles. The quantitative estimate of drug-likeness (QED) is 0.227. The van der Waals surface area contributed by atoms with Crippen molar-refractivity contribution in [3.63, 3.8) is 0 Å². The summed E-state index contributed by atoms with van der Waals surface area (Å²) in [7, 11) is 0. The number of hydrogen-bond acceptors (Lipinski definition) is 4. The summed E-state index contributed by atoms with van der Waals surface area (Å²) in [4.78, 5) is 21.5. The Labute approximate surface area is 64.6 Å². The van der Waals surface area contributed by atoms with Crippen LogP contribution in [0.1, 0.15) is 6.92 Å². The summed E-state index contributed by atoms with van der Waals surface area (Å²) in [6.07, 6.45) is 0. The molecular weight excluding hydrogens is 146 g/mol. The lowest BCUT2D eigenvalue weighted by molar-refractivity contribution is -0.141. The van der Waals surface area contributed by atoms with Crippen LogP contribution in [-0.2, 0) is 9.59 Å². The first-order valence-corrected chi connectivity index (χ1v) is 2.98. The summed E-state index contributed by atoms with van der Waals surface area (Å²) < 4.78 is 0. The van der Waals surface area contributed by atoms with Crippen LogP contribution in [0.25, 0.3) is 0 Å². The van der Waals surface area contributed by atoms with Gasteiger partial charge in [0.1, 0.15) is 0 Å². The Kier molecular flexibility index (Phi) is 3.43. The van der Waals surface area contributed by atoms with E-state index < -0.39 is 11.8 Å². The van der Waals surface area contributed by atoms with Gasteiger partial charge < -0.3 is 5.73 Å². The maximum absolute atomic E-state index is 10.9. The molecule has 0 aliphatic carbocycles.